The number of nitrogens with zero attached hydrogens (tertiary/aromatic N) is 2. The molecule has 90 valence electrons. The minimum atomic E-state index is -0.338. The summed E-state index contributed by atoms with van der Waals surface area (Å²) >= 11 is 6.05. The molecule has 0 aliphatic rings. The molecule has 0 fully saturated rings. The molecule has 0 saturated carbocycles. The predicted octanol–water partition coefficient (Wildman–Crippen LogP) is 2.52. The lowest BCUT2D eigenvalue weighted by Crippen LogP contribution is -2.19. The molecular formula is C12H13ClFN3. The molecule has 1 atom stereocenters. The van der Waals surface area contributed by atoms with Crippen LogP contribution in [0.3, 0.4) is 0 Å². The van der Waals surface area contributed by atoms with Gasteiger partial charge in [-0.1, -0.05) is 17.7 Å². The van der Waals surface area contributed by atoms with Gasteiger partial charge in [0.05, 0.1) is 11.7 Å². The van der Waals surface area contributed by atoms with Gasteiger partial charge in [-0.3, -0.25) is 4.68 Å². The van der Waals surface area contributed by atoms with E-state index in [2.05, 4.69) is 10.4 Å². The van der Waals surface area contributed by atoms with Crippen LogP contribution in [0.1, 0.15) is 17.3 Å². The van der Waals surface area contributed by atoms with E-state index in [0.717, 1.165) is 11.3 Å². The minimum absolute atomic E-state index is 0.135. The largest absolute Gasteiger partial charge is 0.308 e. The van der Waals surface area contributed by atoms with Gasteiger partial charge in [0, 0.05) is 18.3 Å². The number of halogens is 2. The Balaban J connectivity index is 2.42. The van der Waals surface area contributed by atoms with E-state index >= 15 is 0 Å². The number of hydrogen-bond acceptors (Lipinski definition) is 2. The van der Waals surface area contributed by atoms with Gasteiger partial charge in [0.1, 0.15) is 5.82 Å². The van der Waals surface area contributed by atoms with Crippen molar-refractivity contribution in [1.29, 1.82) is 0 Å². The Morgan fingerprint density at radius 1 is 1.41 bits per heavy atom. The summed E-state index contributed by atoms with van der Waals surface area (Å²) in [7, 11) is 3.67. The predicted molar refractivity (Wildman–Crippen MR) is 65.5 cm³/mol. The molecular weight excluding hydrogens is 241 g/mol. The maximum atomic E-state index is 13.0. The molecule has 1 heterocycles. The third kappa shape index (κ3) is 2.48. The Bertz CT molecular complexity index is 524. The van der Waals surface area contributed by atoms with E-state index in [-0.39, 0.29) is 11.9 Å². The van der Waals surface area contributed by atoms with Crippen molar-refractivity contribution in [2.45, 2.75) is 6.04 Å². The van der Waals surface area contributed by atoms with Crippen LogP contribution in [0.15, 0.2) is 30.5 Å². The zero-order valence-corrected chi connectivity index (χ0v) is 10.4. The summed E-state index contributed by atoms with van der Waals surface area (Å²) in [5, 5.41) is 7.85. The van der Waals surface area contributed by atoms with Gasteiger partial charge in [-0.15, -0.1) is 0 Å². The van der Waals surface area contributed by atoms with E-state index in [1.165, 1.54) is 12.1 Å². The van der Waals surface area contributed by atoms with E-state index < -0.39 is 0 Å². The highest BCUT2D eigenvalue weighted by atomic mass is 35.5. The summed E-state index contributed by atoms with van der Waals surface area (Å²) in [5.41, 5.74) is 1.66. The number of hydrogen-bond donors (Lipinski definition) is 1. The van der Waals surface area contributed by atoms with Gasteiger partial charge in [-0.05, 0) is 30.8 Å². The molecule has 1 unspecified atom stereocenters. The van der Waals surface area contributed by atoms with Gasteiger partial charge in [0.2, 0.25) is 0 Å². The molecule has 5 heteroatoms. The summed E-state index contributed by atoms with van der Waals surface area (Å²) in [5.74, 6) is -0.338. The molecule has 1 N–H and O–H groups in total. The van der Waals surface area contributed by atoms with Crippen molar-refractivity contribution in [1.82, 2.24) is 15.1 Å². The maximum absolute atomic E-state index is 13.0. The lowest BCUT2D eigenvalue weighted by molar-refractivity contribution is 0.618. The Hall–Kier alpha value is -1.39. The maximum Gasteiger partial charge on any atom is 0.124 e. The van der Waals surface area contributed by atoms with Gasteiger partial charge in [-0.2, -0.15) is 5.10 Å². The molecule has 2 aromatic rings. The quantitative estimate of drug-likeness (QED) is 0.911. The van der Waals surface area contributed by atoms with Crippen LogP contribution in [0.25, 0.3) is 0 Å². The molecule has 0 amide bonds. The topological polar surface area (TPSA) is 29.9 Å². The zero-order valence-electron chi connectivity index (χ0n) is 9.61. The number of aromatic nitrogens is 2. The van der Waals surface area contributed by atoms with E-state index in [1.807, 2.05) is 26.4 Å². The minimum Gasteiger partial charge on any atom is -0.308 e. The van der Waals surface area contributed by atoms with Gasteiger partial charge < -0.3 is 5.32 Å². The Labute approximate surface area is 104 Å². The number of aryl methyl sites for hydroxylation is 1. The second-order valence-corrected chi connectivity index (χ2v) is 4.21. The van der Waals surface area contributed by atoms with Gasteiger partial charge in [0.15, 0.2) is 0 Å². The van der Waals surface area contributed by atoms with E-state index in [4.69, 9.17) is 11.6 Å². The van der Waals surface area contributed by atoms with E-state index in [1.54, 1.807) is 10.7 Å². The Morgan fingerprint density at radius 3 is 2.71 bits per heavy atom. The molecule has 0 spiro atoms. The van der Waals surface area contributed by atoms with Gasteiger partial charge in [-0.25, -0.2) is 4.39 Å². The van der Waals surface area contributed by atoms with Crippen molar-refractivity contribution in [2.75, 3.05) is 7.05 Å². The Kier molecular flexibility index (Phi) is 3.45. The zero-order chi connectivity index (χ0) is 12.4. The van der Waals surface area contributed by atoms with Crippen molar-refractivity contribution in [3.8, 4) is 0 Å². The lowest BCUT2D eigenvalue weighted by Gasteiger charge is -2.15. The van der Waals surface area contributed by atoms with Crippen LogP contribution in [0.2, 0.25) is 5.02 Å². The van der Waals surface area contributed by atoms with E-state index in [0.29, 0.717) is 5.02 Å². The third-order valence-electron chi connectivity index (χ3n) is 2.59. The molecule has 1 aromatic carbocycles. The summed E-state index contributed by atoms with van der Waals surface area (Å²) in [4.78, 5) is 0. The van der Waals surface area contributed by atoms with Crippen molar-refractivity contribution in [3.63, 3.8) is 0 Å². The number of nitrogens with one attached hydrogen (secondary N) is 1. The molecule has 2 rings (SSSR count). The Morgan fingerprint density at radius 2 is 2.18 bits per heavy atom. The lowest BCUT2D eigenvalue weighted by atomic mass is 10.0. The molecule has 0 aliphatic carbocycles. The van der Waals surface area contributed by atoms with Crippen molar-refractivity contribution in [2.24, 2.45) is 7.05 Å². The normalized spacial score (nSPS) is 12.7. The van der Waals surface area contributed by atoms with E-state index in [9.17, 15) is 4.39 Å². The molecule has 0 aliphatic heterocycles. The molecule has 0 saturated heterocycles. The van der Waals surface area contributed by atoms with Crippen LogP contribution in [-0.4, -0.2) is 16.8 Å². The first-order chi connectivity index (χ1) is 8.11. The van der Waals surface area contributed by atoms with Crippen LogP contribution in [0.4, 0.5) is 4.39 Å². The molecule has 17 heavy (non-hydrogen) atoms. The molecule has 1 aromatic heterocycles. The highest BCUT2D eigenvalue weighted by Gasteiger charge is 2.17. The fourth-order valence-corrected chi connectivity index (χ4v) is 2.06. The first kappa shape index (κ1) is 12.1. The van der Waals surface area contributed by atoms with Crippen LogP contribution >= 0.6 is 11.6 Å². The molecule has 0 radical (unpaired) electrons. The monoisotopic (exact) mass is 253 g/mol. The smallest absolute Gasteiger partial charge is 0.124 e. The van der Waals surface area contributed by atoms with Crippen molar-refractivity contribution in [3.05, 3.63) is 52.6 Å². The second kappa shape index (κ2) is 4.85. The average Bonchev–Trinajstić information content (AvgIpc) is 2.69. The van der Waals surface area contributed by atoms with Crippen molar-refractivity contribution >= 4 is 11.6 Å². The van der Waals surface area contributed by atoms with Crippen LogP contribution in [-0.2, 0) is 7.05 Å². The number of benzene rings is 1. The highest BCUT2D eigenvalue weighted by Crippen LogP contribution is 2.27. The summed E-state index contributed by atoms with van der Waals surface area (Å²) in [6.45, 7) is 0. The highest BCUT2D eigenvalue weighted by molar-refractivity contribution is 6.31. The first-order valence-corrected chi connectivity index (χ1v) is 5.61. The van der Waals surface area contributed by atoms with Crippen LogP contribution in [0, 0.1) is 5.82 Å². The first-order valence-electron chi connectivity index (χ1n) is 5.23. The van der Waals surface area contributed by atoms with Gasteiger partial charge >= 0.3 is 0 Å². The van der Waals surface area contributed by atoms with Crippen LogP contribution < -0.4 is 5.32 Å². The third-order valence-corrected chi connectivity index (χ3v) is 2.92. The number of rotatable bonds is 3. The van der Waals surface area contributed by atoms with Gasteiger partial charge in [0.25, 0.3) is 0 Å². The fourth-order valence-electron chi connectivity index (χ4n) is 1.79. The second-order valence-electron chi connectivity index (χ2n) is 3.80. The molecule has 0 bridgehead atoms. The van der Waals surface area contributed by atoms with Crippen molar-refractivity contribution < 1.29 is 4.39 Å². The summed E-state index contributed by atoms with van der Waals surface area (Å²) in [6, 6.07) is 6.15. The standard InChI is InChI=1S/C12H13ClFN3/c1-15-12(11-5-6-17(2)16-11)9-4-3-8(14)7-10(9)13/h3-7,12,15H,1-2H3. The van der Waals surface area contributed by atoms with Crippen LogP contribution in [0.5, 0.6) is 0 Å². The fraction of sp³-hybridized carbons (Fsp3) is 0.250. The molecule has 3 nitrogen and oxygen atoms in total. The SMILES string of the molecule is CNC(c1ccn(C)n1)c1ccc(F)cc1Cl. The summed E-state index contributed by atoms with van der Waals surface area (Å²) in [6.07, 6.45) is 1.86. The summed E-state index contributed by atoms with van der Waals surface area (Å²) < 4.78 is 14.7. The average molecular weight is 254 g/mol.